The van der Waals surface area contributed by atoms with Gasteiger partial charge in [-0.05, 0) is 180 Å². The molecule has 6 atom stereocenters. The molecule has 6 saturated heterocycles. The molecule has 10 aliphatic rings. The first-order valence-corrected chi connectivity index (χ1v) is 46.1. The molecule has 150 heavy (non-hydrogen) atoms. The van der Waals surface area contributed by atoms with Crippen LogP contribution in [0.2, 0.25) is 0 Å². The molecule has 2 unspecified atom stereocenters. The third-order valence-corrected chi connectivity index (χ3v) is 28.2. The van der Waals surface area contributed by atoms with Gasteiger partial charge < -0.3 is 93.2 Å². The maximum Gasteiger partial charge on any atom is 0.322 e. The second-order valence-electron chi connectivity index (χ2n) is 37.3. The Hall–Kier alpha value is -19.2. The Labute approximate surface area is 841 Å². The average molecular weight is 2040 g/mol. The van der Waals surface area contributed by atoms with Gasteiger partial charge in [0.2, 0.25) is 11.8 Å². The second-order valence-corrected chi connectivity index (χ2v) is 37.3. The lowest BCUT2D eigenvalue weighted by molar-refractivity contribution is -0.126. The summed E-state index contributed by atoms with van der Waals surface area (Å²) in [4.78, 5) is 221. The molecule has 14 aromatic rings. The van der Waals surface area contributed by atoms with Crippen molar-refractivity contribution in [3.05, 3.63) is 284 Å². The zero-order valence-corrected chi connectivity index (χ0v) is 79.7. The Morgan fingerprint density at radius 3 is 1.29 bits per heavy atom. The van der Waals surface area contributed by atoms with E-state index in [1.807, 2.05) is 18.2 Å². The Morgan fingerprint density at radius 1 is 0.393 bits per heavy atom. The van der Waals surface area contributed by atoms with Crippen molar-refractivity contribution in [3.8, 4) is 51.1 Å². The predicted octanol–water partition coefficient (Wildman–Crippen LogP) is 9.23. The SMILES string of the molecule is COc1ccc2c(c1)C(=O)N(C[C@@]1(c3cc4nc(-c5cc(O)cc(-c6ccncc6)c5)ccc4o3)NC(=O)NC1=O)C2.COc1ccc2c(c1F)C(=O)N(C[C@@]1(c3cc4cc(C5(C)NC(=O)CC5=O)c(C)cc4o3)NC(=O)NC1=O)C2.COc1ccc2c(c1F)C(=O)N(C[C@@]1(c3cc4cc(C5(C)NC(=O)CC5=O)ccc4o3)NC(=O)NC1=O)C2.COc1ccc2c(c1F)C(=O)N(C[C@@]1(c3cc4ncc(F)cc4o3)NC(=O)NC1=O)C2. The quantitative estimate of drug-likeness (QED) is 0.0192. The minimum atomic E-state index is -1.80. The van der Waals surface area contributed by atoms with Gasteiger partial charge in [-0.15, -0.1) is 0 Å². The summed E-state index contributed by atoms with van der Waals surface area (Å²) in [6, 6.07) is 38.9. The first kappa shape index (κ1) is 96.9. The molecule has 7 aromatic carbocycles. The normalized spacial score (nSPS) is 21.7. The Bertz CT molecular complexity index is 8390. The van der Waals surface area contributed by atoms with Crippen molar-refractivity contribution in [1.29, 1.82) is 0 Å². The van der Waals surface area contributed by atoms with Crippen molar-refractivity contribution in [3.63, 3.8) is 0 Å². The molecular formula is C104H81F4N17O25. The number of phenolic OH excluding ortho intramolecular Hbond substituents is 1. The van der Waals surface area contributed by atoms with Crippen molar-refractivity contribution in [2.24, 2.45) is 0 Å². The number of hydrogen-bond acceptors (Lipinski definition) is 28. The molecule has 0 aliphatic carbocycles. The van der Waals surface area contributed by atoms with E-state index in [1.165, 1.54) is 78.4 Å². The number of halogens is 4. The lowest BCUT2D eigenvalue weighted by atomic mass is 9.85. The van der Waals surface area contributed by atoms with Crippen LogP contribution < -0.4 is 72.1 Å². The van der Waals surface area contributed by atoms with Gasteiger partial charge in [0.15, 0.2) is 79.6 Å². The number of aryl methyl sites for hydroxylation is 1. The predicted molar refractivity (Wildman–Crippen MR) is 510 cm³/mol. The van der Waals surface area contributed by atoms with Gasteiger partial charge in [0, 0.05) is 78.7 Å². The lowest BCUT2D eigenvalue weighted by Gasteiger charge is -2.29. The number of nitrogens with one attached hydrogen (secondary N) is 10. The number of urea groups is 4. The fourth-order valence-electron chi connectivity index (χ4n) is 20.5. The Kier molecular flexibility index (Phi) is 23.2. The summed E-state index contributed by atoms with van der Waals surface area (Å²) < 4.78 is 102. The lowest BCUT2D eigenvalue weighted by Crippen LogP contribution is -2.52. The average Bonchev–Trinajstić information content (AvgIpc) is 1.59. The highest BCUT2D eigenvalue weighted by Crippen LogP contribution is 2.46. The number of rotatable bonds is 20. The molecule has 10 aliphatic heterocycles. The van der Waals surface area contributed by atoms with Gasteiger partial charge in [0.05, 0.1) is 96.0 Å². The molecule has 0 spiro atoms. The maximum atomic E-state index is 14.9. The highest BCUT2D eigenvalue weighted by Gasteiger charge is 2.59. The number of benzene rings is 7. The summed E-state index contributed by atoms with van der Waals surface area (Å²) in [5, 5.41) is 36.0. The van der Waals surface area contributed by atoms with E-state index in [1.54, 1.807) is 136 Å². The molecule has 760 valence electrons. The molecule has 24 rings (SSSR count). The second kappa shape index (κ2) is 35.9. The molecule has 7 aromatic heterocycles. The minimum Gasteiger partial charge on any atom is -0.508 e. The third kappa shape index (κ3) is 16.1. The number of furan rings is 4. The van der Waals surface area contributed by atoms with E-state index >= 15 is 0 Å². The molecule has 18 amide bonds. The Balaban J connectivity index is 0.000000117. The van der Waals surface area contributed by atoms with Crippen molar-refractivity contribution < 1.29 is 136 Å². The number of methoxy groups -OCH3 is 4. The van der Waals surface area contributed by atoms with Crippen LogP contribution in [0.3, 0.4) is 0 Å². The number of pyridine rings is 3. The van der Waals surface area contributed by atoms with Gasteiger partial charge in [-0.25, -0.2) is 46.7 Å². The number of amides is 18. The van der Waals surface area contributed by atoms with E-state index in [-0.39, 0.29) is 168 Å². The number of nitrogens with zero attached hydrogens (tertiary/aromatic N) is 7. The molecule has 17 heterocycles. The van der Waals surface area contributed by atoms with Gasteiger partial charge in [0.25, 0.3) is 47.3 Å². The van der Waals surface area contributed by atoms with E-state index < -0.39 is 122 Å². The van der Waals surface area contributed by atoms with Gasteiger partial charge in [-0.3, -0.25) is 83.8 Å². The summed E-state index contributed by atoms with van der Waals surface area (Å²) in [5.74, 6) is -8.93. The van der Waals surface area contributed by atoms with Crippen molar-refractivity contribution in [2.75, 3.05) is 54.6 Å². The summed E-state index contributed by atoms with van der Waals surface area (Å²) in [6.45, 7) is 4.10. The summed E-state index contributed by atoms with van der Waals surface area (Å²) in [7, 11) is 5.39. The van der Waals surface area contributed by atoms with Crippen LogP contribution >= 0.6 is 0 Å². The highest BCUT2D eigenvalue weighted by molar-refractivity contribution is 6.15. The van der Waals surface area contributed by atoms with E-state index in [9.17, 15) is 99.4 Å². The molecule has 11 N–H and O–H groups in total. The first-order chi connectivity index (χ1) is 71.7. The number of aromatic nitrogens is 3. The zero-order valence-electron chi connectivity index (χ0n) is 79.7. The van der Waals surface area contributed by atoms with Crippen LogP contribution in [0.15, 0.2) is 194 Å². The van der Waals surface area contributed by atoms with Crippen LogP contribution in [0.1, 0.15) is 130 Å². The van der Waals surface area contributed by atoms with Crippen LogP contribution in [0.25, 0.3) is 66.5 Å². The van der Waals surface area contributed by atoms with E-state index in [0.29, 0.717) is 89.0 Å². The Morgan fingerprint density at radius 2 is 0.820 bits per heavy atom. The fourth-order valence-corrected chi connectivity index (χ4v) is 20.5. The smallest absolute Gasteiger partial charge is 0.322 e. The van der Waals surface area contributed by atoms with Crippen molar-refractivity contribution >= 4 is 139 Å². The minimum absolute atomic E-state index is 0.00360. The van der Waals surface area contributed by atoms with Crippen LogP contribution in [0.5, 0.6) is 28.7 Å². The fraction of sp³-hybridized carbons (Fsp3) is 0.221. The number of fused-ring (bicyclic) bond motifs is 8. The summed E-state index contributed by atoms with van der Waals surface area (Å²) >= 11 is 0. The number of aromatic hydroxyl groups is 1. The number of carbonyl (C=O) groups is 16. The molecule has 6 fully saturated rings. The number of imide groups is 4. The maximum absolute atomic E-state index is 14.9. The molecule has 0 bridgehead atoms. The monoisotopic (exact) mass is 2040 g/mol. The number of hydrogen-bond donors (Lipinski definition) is 11. The molecule has 46 heteroatoms. The topological polar surface area (TPSA) is 555 Å². The molecule has 0 radical (unpaired) electrons. The van der Waals surface area contributed by atoms with Crippen LogP contribution in [0, 0.1) is 30.2 Å². The zero-order chi connectivity index (χ0) is 106. The van der Waals surface area contributed by atoms with Crippen molar-refractivity contribution in [2.45, 2.75) is 93.0 Å². The standard InChI is InChI=1S/C31H23N5O6.C27H23FN4O7.C26H21FN4O7.C20H14F2N4O5/c1-41-22-3-2-18-15-36(28(38)23(18)13-22)16-31(29(39)34-30(40)35-31)27-14-25-26(42-27)5-4-24(33-25)20-10-19(11-21(37)12-20)17-6-8-32-9-7-17;1-12-6-17-14(7-15(12)26(2)18(33)9-20(34)30-26)8-19(39-17)27(24(36)29-25(37)31-27)11-32-10-13-4-5-16(38-3)22(28)21(13)23(32)35;1-25(17(32)9-19(33)29-25)14-4-6-15-13(7-14)8-18(38-15)26(23(35)28-24(36)30-26)11-31-10-12-3-5-16(37-2)21(27)20(12)22(31)34;1-30-12-3-2-9-7-26(17(27)15(9)16(12)22)8-20(18(28)24-19(29)25-20)14-5-11-13(31-14)4-10(21)6-23-11/h2-14,37H,15-16H2,1H3,(H2,34,35,39,40);4-8H,9-11H2,1-3H3,(H,30,34)(H2,29,31,36,37);3-8H,9-11H2,1-2H3,(H,29,33)(H2,28,30,35,36);2-6H,7-8H2,1H3,(H2,24,25,28,29)/t31-;26?,27-;25?,26-;20-/m0000/s1. The van der Waals surface area contributed by atoms with Crippen LogP contribution in [-0.4, -0.2) is 189 Å². The largest absolute Gasteiger partial charge is 0.508 e. The third-order valence-electron chi connectivity index (χ3n) is 28.2. The highest BCUT2D eigenvalue weighted by atomic mass is 19.1. The first-order valence-electron chi connectivity index (χ1n) is 46.1. The van der Waals surface area contributed by atoms with Gasteiger partial charge in [-0.1, -0.05) is 30.3 Å². The number of ketones is 2. The summed E-state index contributed by atoms with van der Waals surface area (Å²) in [6.07, 6.45) is 3.89. The van der Waals surface area contributed by atoms with Crippen molar-refractivity contribution in [1.82, 2.24) is 87.7 Å². The number of ether oxygens (including phenoxy) is 4. The van der Waals surface area contributed by atoms with E-state index in [0.717, 1.165) is 29.0 Å². The van der Waals surface area contributed by atoms with Gasteiger partial charge in [-0.2, -0.15) is 0 Å². The van der Waals surface area contributed by atoms with E-state index in [4.69, 9.17) is 41.6 Å². The number of carbonyl (C=O) groups excluding carboxylic acids is 16. The molecule has 0 saturated carbocycles. The van der Waals surface area contributed by atoms with Crippen LogP contribution in [-0.2, 0) is 97.8 Å². The van der Waals surface area contributed by atoms with Gasteiger partial charge >= 0.3 is 24.1 Å². The van der Waals surface area contributed by atoms with Gasteiger partial charge in [0.1, 0.15) is 73.6 Å². The number of phenols is 1. The van der Waals surface area contributed by atoms with Crippen LogP contribution in [0.4, 0.5) is 36.7 Å². The summed E-state index contributed by atoms with van der Waals surface area (Å²) in [5.41, 5.74) is -0.918. The molecule has 42 nitrogen and oxygen atoms in total. The van der Waals surface area contributed by atoms with E-state index in [2.05, 4.69) is 63.1 Å². The number of Topliss-reactive ketones (excluding diaryl/α,β-unsaturated/α-hetero) is 2. The molecular weight excluding hydrogens is 1960 g/mol.